The highest BCUT2D eigenvalue weighted by atomic mass is 35.5. The number of fused-ring (bicyclic) bond motifs is 1. The minimum absolute atomic E-state index is 0.0240. The maximum absolute atomic E-state index is 13.4. The van der Waals surface area contributed by atoms with Crippen molar-refractivity contribution in [2.45, 2.75) is 39.3 Å². The molecule has 2 aromatic carbocycles. The molecule has 0 unspecified atom stereocenters. The number of benzene rings is 2. The smallest absolute Gasteiger partial charge is 0.324 e. The molecule has 0 aromatic heterocycles. The largest absolute Gasteiger partial charge is 0.487 e. The van der Waals surface area contributed by atoms with Gasteiger partial charge in [0.1, 0.15) is 11.9 Å². The molecule has 31 heavy (non-hydrogen) atoms. The molecule has 1 fully saturated rings. The van der Waals surface area contributed by atoms with Gasteiger partial charge in [0, 0.05) is 24.7 Å². The number of nitrogens with one attached hydrogen (secondary N) is 1. The van der Waals surface area contributed by atoms with Crippen molar-refractivity contribution in [3.8, 4) is 5.75 Å². The van der Waals surface area contributed by atoms with Crippen LogP contribution in [0.5, 0.6) is 5.75 Å². The van der Waals surface area contributed by atoms with E-state index in [1.54, 1.807) is 9.80 Å². The average molecular weight is 442 g/mol. The summed E-state index contributed by atoms with van der Waals surface area (Å²) in [5.74, 6) is 0.488. The monoisotopic (exact) mass is 441 g/mol. The lowest BCUT2D eigenvalue weighted by Crippen LogP contribution is -2.53. The number of halogens is 1. The number of anilines is 1. The molecule has 0 aliphatic carbocycles. The van der Waals surface area contributed by atoms with Crippen molar-refractivity contribution in [1.29, 1.82) is 0 Å². The molecule has 2 aliphatic rings. The van der Waals surface area contributed by atoms with Crippen LogP contribution in [0.4, 0.5) is 10.5 Å². The maximum atomic E-state index is 13.4. The molecule has 3 amide bonds. The van der Waals surface area contributed by atoms with Crippen LogP contribution in [0.2, 0.25) is 5.02 Å². The van der Waals surface area contributed by atoms with Crippen molar-refractivity contribution in [2.75, 3.05) is 24.5 Å². The normalized spacial score (nSPS) is 20.6. The van der Waals surface area contributed by atoms with Gasteiger partial charge in [-0.05, 0) is 62.1 Å². The summed E-state index contributed by atoms with van der Waals surface area (Å²) >= 11 is 6.02. The van der Waals surface area contributed by atoms with Crippen LogP contribution < -0.4 is 15.0 Å². The predicted molar refractivity (Wildman–Crippen MR) is 122 cm³/mol. The van der Waals surface area contributed by atoms with Crippen molar-refractivity contribution < 1.29 is 14.3 Å². The van der Waals surface area contributed by atoms with Crippen LogP contribution in [0.25, 0.3) is 0 Å². The fourth-order valence-corrected chi connectivity index (χ4v) is 4.46. The lowest BCUT2D eigenvalue weighted by atomic mass is 9.97. The van der Waals surface area contributed by atoms with E-state index in [2.05, 4.69) is 5.32 Å². The van der Waals surface area contributed by atoms with E-state index in [1.807, 2.05) is 56.3 Å². The number of piperidine rings is 1. The highest BCUT2D eigenvalue weighted by molar-refractivity contribution is 6.30. The van der Waals surface area contributed by atoms with Gasteiger partial charge in [0.2, 0.25) is 5.91 Å². The molecule has 2 heterocycles. The molecule has 1 saturated heterocycles. The van der Waals surface area contributed by atoms with Gasteiger partial charge in [-0.3, -0.25) is 9.69 Å². The van der Waals surface area contributed by atoms with Gasteiger partial charge in [0.15, 0.2) is 0 Å². The summed E-state index contributed by atoms with van der Waals surface area (Å²) in [5, 5.41) is 3.65. The highest BCUT2D eigenvalue weighted by Gasteiger charge is 2.34. The Kier molecular flexibility index (Phi) is 6.37. The number of urea groups is 1. The summed E-state index contributed by atoms with van der Waals surface area (Å²) in [6.45, 7) is 5.97. The van der Waals surface area contributed by atoms with Crippen molar-refractivity contribution in [2.24, 2.45) is 5.92 Å². The number of rotatable bonds is 3. The molecule has 0 saturated carbocycles. The van der Waals surface area contributed by atoms with Gasteiger partial charge in [0.05, 0.1) is 18.2 Å². The zero-order valence-electron chi connectivity index (χ0n) is 17.9. The van der Waals surface area contributed by atoms with Gasteiger partial charge in [-0.2, -0.15) is 0 Å². The third kappa shape index (κ3) is 4.96. The summed E-state index contributed by atoms with van der Waals surface area (Å²) < 4.78 is 5.91. The highest BCUT2D eigenvalue weighted by Crippen LogP contribution is 2.35. The minimum Gasteiger partial charge on any atom is -0.487 e. The Labute approximate surface area is 188 Å². The van der Waals surface area contributed by atoms with Gasteiger partial charge in [0.25, 0.3) is 0 Å². The Morgan fingerprint density at radius 2 is 2.03 bits per heavy atom. The molecule has 0 spiro atoms. The summed E-state index contributed by atoms with van der Waals surface area (Å²) in [6, 6.07) is 13.3. The number of likely N-dealkylation sites (tertiary alicyclic amines) is 1. The molecular weight excluding hydrogens is 414 g/mol. The van der Waals surface area contributed by atoms with Gasteiger partial charge in [-0.1, -0.05) is 29.8 Å². The summed E-state index contributed by atoms with van der Waals surface area (Å²) in [5.41, 5.74) is 2.83. The minimum atomic E-state index is -0.215. The quantitative estimate of drug-likeness (QED) is 0.768. The Hall–Kier alpha value is -2.73. The molecule has 164 valence electrons. The fraction of sp³-hybridized carbons (Fsp3) is 0.417. The SMILES string of the molecule is Cc1ccc2c(c1)N(C(=O)N1CCC[C@H](C(=O)NCc3cccc(Cl)c3)C1)C[C@H](C)O2. The van der Waals surface area contributed by atoms with Crippen LogP contribution in [-0.4, -0.2) is 42.6 Å². The van der Waals surface area contributed by atoms with E-state index in [1.165, 1.54) is 0 Å². The first-order valence-electron chi connectivity index (χ1n) is 10.8. The maximum Gasteiger partial charge on any atom is 0.324 e. The molecule has 1 N–H and O–H groups in total. The van der Waals surface area contributed by atoms with Crippen LogP contribution in [0.3, 0.4) is 0 Å². The second kappa shape index (κ2) is 9.18. The second-order valence-corrected chi connectivity index (χ2v) is 8.86. The first kappa shape index (κ1) is 21.5. The summed E-state index contributed by atoms with van der Waals surface area (Å²) in [6.07, 6.45) is 1.50. The molecule has 4 rings (SSSR count). The fourth-order valence-electron chi connectivity index (χ4n) is 4.24. The lowest BCUT2D eigenvalue weighted by molar-refractivity contribution is -0.126. The molecule has 2 atom stereocenters. The number of hydrogen-bond acceptors (Lipinski definition) is 3. The second-order valence-electron chi connectivity index (χ2n) is 8.43. The molecule has 2 aromatic rings. The van der Waals surface area contributed by atoms with E-state index in [9.17, 15) is 9.59 Å². The van der Waals surface area contributed by atoms with Crippen LogP contribution in [-0.2, 0) is 11.3 Å². The number of amides is 3. The molecule has 7 heteroatoms. The van der Waals surface area contributed by atoms with Crippen molar-refractivity contribution in [1.82, 2.24) is 10.2 Å². The van der Waals surface area contributed by atoms with E-state index >= 15 is 0 Å². The molecular formula is C24H28ClN3O3. The molecule has 2 aliphatic heterocycles. The first-order valence-corrected chi connectivity index (χ1v) is 11.1. The zero-order chi connectivity index (χ0) is 22.0. The summed E-state index contributed by atoms with van der Waals surface area (Å²) in [7, 11) is 0. The first-order chi connectivity index (χ1) is 14.9. The number of carbonyl (C=O) groups is 2. The zero-order valence-corrected chi connectivity index (χ0v) is 18.7. The lowest BCUT2D eigenvalue weighted by Gasteiger charge is -2.39. The van der Waals surface area contributed by atoms with Crippen LogP contribution in [0.15, 0.2) is 42.5 Å². The Bertz CT molecular complexity index is 980. The van der Waals surface area contributed by atoms with E-state index in [0.29, 0.717) is 31.2 Å². The Morgan fingerprint density at radius 1 is 1.19 bits per heavy atom. The van der Waals surface area contributed by atoms with Gasteiger partial charge in [-0.25, -0.2) is 4.79 Å². The molecule has 0 radical (unpaired) electrons. The van der Waals surface area contributed by atoms with E-state index in [0.717, 1.165) is 35.4 Å². The van der Waals surface area contributed by atoms with E-state index in [4.69, 9.17) is 16.3 Å². The third-order valence-electron chi connectivity index (χ3n) is 5.82. The average Bonchev–Trinajstić information content (AvgIpc) is 2.77. The molecule has 6 nitrogen and oxygen atoms in total. The number of nitrogens with zero attached hydrogens (tertiary/aromatic N) is 2. The van der Waals surface area contributed by atoms with Gasteiger partial charge >= 0.3 is 6.03 Å². The number of carbonyl (C=O) groups excluding carboxylic acids is 2. The van der Waals surface area contributed by atoms with Crippen molar-refractivity contribution in [3.05, 3.63) is 58.6 Å². The van der Waals surface area contributed by atoms with Crippen molar-refractivity contribution in [3.63, 3.8) is 0 Å². The van der Waals surface area contributed by atoms with E-state index < -0.39 is 0 Å². The Morgan fingerprint density at radius 3 is 2.84 bits per heavy atom. The molecule has 0 bridgehead atoms. The standard InChI is InChI=1S/C24H28ClN3O3/c1-16-8-9-22-21(11-16)28(14-17(2)31-22)24(30)27-10-4-6-19(15-27)23(29)26-13-18-5-3-7-20(25)12-18/h3,5,7-9,11-12,17,19H,4,6,10,13-15H2,1-2H3,(H,26,29)/t17-,19-/m0/s1. The van der Waals surface area contributed by atoms with Crippen LogP contribution >= 0.6 is 11.6 Å². The number of hydrogen-bond donors (Lipinski definition) is 1. The number of aryl methyl sites for hydroxylation is 1. The Balaban J connectivity index is 1.42. The van der Waals surface area contributed by atoms with Gasteiger partial charge < -0.3 is 15.0 Å². The van der Waals surface area contributed by atoms with E-state index in [-0.39, 0.29) is 24.0 Å². The summed E-state index contributed by atoms with van der Waals surface area (Å²) in [4.78, 5) is 29.8. The van der Waals surface area contributed by atoms with Gasteiger partial charge in [-0.15, -0.1) is 0 Å². The number of ether oxygens (including phenoxy) is 1. The predicted octanol–water partition coefficient (Wildman–Crippen LogP) is 4.38. The van der Waals surface area contributed by atoms with Crippen LogP contribution in [0.1, 0.15) is 30.9 Å². The van der Waals surface area contributed by atoms with Crippen LogP contribution in [0, 0.1) is 12.8 Å². The van der Waals surface area contributed by atoms with Crippen molar-refractivity contribution >= 4 is 29.2 Å². The topological polar surface area (TPSA) is 61.9 Å². The third-order valence-corrected chi connectivity index (χ3v) is 6.06.